The van der Waals surface area contributed by atoms with Crippen LogP contribution in [0.3, 0.4) is 0 Å². The summed E-state index contributed by atoms with van der Waals surface area (Å²) < 4.78 is 17.5. The van der Waals surface area contributed by atoms with Crippen molar-refractivity contribution in [1.82, 2.24) is 20.0 Å². The number of hydrogen-bond donors (Lipinski definition) is 1. The van der Waals surface area contributed by atoms with E-state index >= 15 is 0 Å². The first-order valence-corrected chi connectivity index (χ1v) is 7.54. The SMILES string of the molecule is CCn1nccc1C(=O)Nc1nnc(-c2cc(OC)cc(OC)c2)o1. The second-order valence-corrected chi connectivity index (χ2v) is 5.00. The summed E-state index contributed by atoms with van der Waals surface area (Å²) in [7, 11) is 3.10. The Hall–Kier alpha value is -3.36. The first-order valence-electron chi connectivity index (χ1n) is 7.54. The fourth-order valence-corrected chi connectivity index (χ4v) is 2.26. The van der Waals surface area contributed by atoms with E-state index in [9.17, 15) is 4.79 Å². The minimum atomic E-state index is -0.377. The van der Waals surface area contributed by atoms with E-state index < -0.39 is 0 Å². The zero-order valence-electron chi connectivity index (χ0n) is 14.0. The topological polar surface area (TPSA) is 104 Å². The first kappa shape index (κ1) is 16.5. The van der Waals surface area contributed by atoms with Crippen molar-refractivity contribution in [3.05, 3.63) is 36.2 Å². The molecule has 0 aliphatic rings. The molecule has 1 N–H and O–H groups in total. The molecule has 2 heterocycles. The van der Waals surface area contributed by atoms with E-state index in [2.05, 4.69) is 20.6 Å². The number of amides is 1. The molecule has 0 bridgehead atoms. The molecule has 0 saturated heterocycles. The Morgan fingerprint density at radius 1 is 1.20 bits per heavy atom. The number of anilines is 1. The minimum absolute atomic E-state index is 0.00867. The summed E-state index contributed by atoms with van der Waals surface area (Å²) in [5, 5.41) is 14.4. The van der Waals surface area contributed by atoms with Crippen molar-refractivity contribution in [2.24, 2.45) is 0 Å². The molecule has 0 fully saturated rings. The van der Waals surface area contributed by atoms with Gasteiger partial charge in [-0.2, -0.15) is 5.10 Å². The quantitative estimate of drug-likeness (QED) is 0.731. The second-order valence-electron chi connectivity index (χ2n) is 5.00. The molecule has 9 heteroatoms. The number of hydrogen-bond acceptors (Lipinski definition) is 7. The van der Waals surface area contributed by atoms with Crippen molar-refractivity contribution >= 4 is 11.9 Å². The maximum atomic E-state index is 12.3. The van der Waals surface area contributed by atoms with Crippen LogP contribution in [0.1, 0.15) is 17.4 Å². The van der Waals surface area contributed by atoms with Gasteiger partial charge in [0.05, 0.1) is 14.2 Å². The van der Waals surface area contributed by atoms with Crippen molar-refractivity contribution in [3.8, 4) is 23.0 Å². The van der Waals surface area contributed by atoms with Crippen LogP contribution in [-0.4, -0.2) is 40.1 Å². The lowest BCUT2D eigenvalue weighted by molar-refractivity contribution is 0.101. The number of carbonyl (C=O) groups is 1. The highest BCUT2D eigenvalue weighted by molar-refractivity contribution is 6.01. The predicted molar refractivity (Wildman–Crippen MR) is 88.7 cm³/mol. The Morgan fingerprint density at radius 3 is 2.56 bits per heavy atom. The molecule has 0 unspecified atom stereocenters. The van der Waals surface area contributed by atoms with E-state index in [-0.39, 0.29) is 17.8 Å². The Labute approximate surface area is 143 Å². The number of aromatic nitrogens is 4. The number of nitrogens with one attached hydrogen (secondary N) is 1. The van der Waals surface area contributed by atoms with E-state index in [0.717, 1.165) is 0 Å². The summed E-state index contributed by atoms with van der Waals surface area (Å²) in [5.41, 5.74) is 1.02. The average Bonchev–Trinajstić information content (AvgIpc) is 3.30. The molecule has 25 heavy (non-hydrogen) atoms. The lowest BCUT2D eigenvalue weighted by Gasteiger charge is -2.06. The fraction of sp³-hybridized carbons (Fsp3) is 0.250. The van der Waals surface area contributed by atoms with Crippen LogP contribution in [-0.2, 0) is 6.54 Å². The van der Waals surface area contributed by atoms with Crippen LogP contribution < -0.4 is 14.8 Å². The number of methoxy groups -OCH3 is 2. The van der Waals surface area contributed by atoms with Crippen molar-refractivity contribution in [3.63, 3.8) is 0 Å². The van der Waals surface area contributed by atoms with Gasteiger partial charge in [0.25, 0.3) is 5.91 Å². The van der Waals surface area contributed by atoms with Crippen LogP contribution in [0.5, 0.6) is 11.5 Å². The molecule has 0 saturated carbocycles. The van der Waals surface area contributed by atoms with Gasteiger partial charge in [0.2, 0.25) is 5.89 Å². The summed E-state index contributed by atoms with van der Waals surface area (Å²) in [6.45, 7) is 2.47. The summed E-state index contributed by atoms with van der Waals surface area (Å²) in [4.78, 5) is 12.3. The molecule has 0 radical (unpaired) electrons. The fourth-order valence-electron chi connectivity index (χ4n) is 2.26. The molecule has 130 valence electrons. The van der Waals surface area contributed by atoms with E-state index in [4.69, 9.17) is 13.9 Å². The maximum Gasteiger partial charge on any atom is 0.322 e. The van der Waals surface area contributed by atoms with Gasteiger partial charge < -0.3 is 13.9 Å². The number of benzene rings is 1. The van der Waals surface area contributed by atoms with E-state index in [1.807, 2.05) is 6.92 Å². The number of rotatable bonds is 6. The van der Waals surface area contributed by atoms with Crippen molar-refractivity contribution in [2.75, 3.05) is 19.5 Å². The molecule has 0 atom stereocenters. The summed E-state index contributed by atoms with van der Waals surface area (Å²) in [6.07, 6.45) is 1.56. The van der Waals surface area contributed by atoms with Crippen LogP contribution in [0.15, 0.2) is 34.9 Å². The third-order valence-electron chi connectivity index (χ3n) is 3.49. The summed E-state index contributed by atoms with van der Waals surface area (Å²) >= 11 is 0. The Morgan fingerprint density at radius 2 is 1.92 bits per heavy atom. The standard InChI is InChI=1S/C16H17N5O4/c1-4-21-13(5-6-17-21)14(22)18-16-20-19-15(25-16)10-7-11(23-2)9-12(8-10)24-3/h5-9H,4H2,1-3H3,(H,18,20,22). The molecule has 1 aromatic carbocycles. The lowest BCUT2D eigenvalue weighted by atomic mass is 10.2. The van der Waals surface area contributed by atoms with Gasteiger partial charge >= 0.3 is 6.01 Å². The van der Waals surface area contributed by atoms with Crippen molar-refractivity contribution in [2.45, 2.75) is 13.5 Å². The lowest BCUT2D eigenvalue weighted by Crippen LogP contribution is -2.17. The van der Waals surface area contributed by atoms with Crippen LogP contribution >= 0.6 is 0 Å². The molecule has 3 aromatic rings. The number of nitrogens with zero attached hydrogens (tertiary/aromatic N) is 4. The highest BCUT2D eigenvalue weighted by atomic mass is 16.5. The molecule has 0 aliphatic heterocycles. The number of ether oxygens (including phenoxy) is 2. The Balaban J connectivity index is 1.82. The van der Waals surface area contributed by atoms with E-state index in [0.29, 0.717) is 29.3 Å². The molecule has 9 nitrogen and oxygen atoms in total. The Kier molecular flexibility index (Phi) is 4.64. The van der Waals surface area contributed by atoms with Crippen LogP contribution in [0.2, 0.25) is 0 Å². The molecule has 0 aliphatic carbocycles. The third-order valence-corrected chi connectivity index (χ3v) is 3.49. The van der Waals surface area contributed by atoms with Crippen LogP contribution in [0, 0.1) is 0 Å². The second kappa shape index (κ2) is 7.04. The molecular formula is C16H17N5O4. The first-order chi connectivity index (χ1) is 12.1. The highest BCUT2D eigenvalue weighted by Gasteiger charge is 2.16. The molecule has 2 aromatic heterocycles. The van der Waals surface area contributed by atoms with Crippen molar-refractivity contribution < 1.29 is 18.7 Å². The van der Waals surface area contributed by atoms with Gasteiger partial charge in [0.1, 0.15) is 17.2 Å². The van der Waals surface area contributed by atoms with Crippen molar-refractivity contribution in [1.29, 1.82) is 0 Å². The third kappa shape index (κ3) is 3.44. The summed E-state index contributed by atoms with van der Waals surface area (Å²) in [6, 6.07) is 6.80. The largest absolute Gasteiger partial charge is 0.497 e. The smallest absolute Gasteiger partial charge is 0.322 e. The average molecular weight is 343 g/mol. The van der Waals surface area contributed by atoms with E-state index in [1.165, 1.54) is 0 Å². The highest BCUT2D eigenvalue weighted by Crippen LogP contribution is 2.29. The zero-order chi connectivity index (χ0) is 17.8. The summed E-state index contributed by atoms with van der Waals surface area (Å²) in [5.74, 6) is 1.03. The molecular weight excluding hydrogens is 326 g/mol. The molecule has 3 rings (SSSR count). The van der Waals surface area contributed by atoms with Crippen LogP contribution in [0.4, 0.5) is 6.01 Å². The predicted octanol–water partition coefficient (Wildman–Crippen LogP) is 2.22. The number of carbonyl (C=O) groups excluding carboxylic acids is 1. The normalized spacial score (nSPS) is 10.5. The maximum absolute atomic E-state index is 12.3. The monoisotopic (exact) mass is 343 g/mol. The van der Waals surface area contributed by atoms with Crippen LogP contribution in [0.25, 0.3) is 11.5 Å². The van der Waals surface area contributed by atoms with Gasteiger partial charge in [-0.3, -0.25) is 14.8 Å². The van der Waals surface area contributed by atoms with Gasteiger partial charge in [0, 0.05) is 24.4 Å². The van der Waals surface area contributed by atoms with Gasteiger partial charge in [0.15, 0.2) is 0 Å². The van der Waals surface area contributed by atoms with Gasteiger partial charge in [-0.1, -0.05) is 5.10 Å². The van der Waals surface area contributed by atoms with Gasteiger partial charge in [-0.05, 0) is 25.1 Å². The number of aryl methyl sites for hydroxylation is 1. The van der Waals surface area contributed by atoms with Gasteiger partial charge in [-0.15, -0.1) is 5.10 Å². The van der Waals surface area contributed by atoms with E-state index in [1.54, 1.807) is 49.4 Å². The zero-order valence-corrected chi connectivity index (χ0v) is 14.0. The molecule has 1 amide bonds. The minimum Gasteiger partial charge on any atom is -0.497 e. The Bertz CT molecular complexity index is 864. The van der Waals surface area contributed by atoms with Gasteiger partial charge in [-0.25, -0.2) is 0 Å². The molecule has 0 spiro atoms.